The van der Waals surface area contributed by atoms with Gasteiger partial charge in [0.2, 0.25) is 0 Å². The third kappa shape index (κ3) is 6.58. The van der Waals surface area contributed by atoms with Crippen LogP contribution in [-0.4, -0.2) is 37.9 Å². The van der Waals surface area contributed by atoms with Crippen LogP contribution in [0, 0.1) is 5.92 Å². The van der Waals surface area contributed by atoms with Crippen molar-refractivity contribution in [2.24, 2.45) is 5.92 Å². The minimum Gasteiger partial charge on any atom is -0.466 e. The molecule has 0 aromatic rings. The van der Waals surface area contributed by atoms with Crippen LogP contribution in [0.4, 0.5) is 0 Å². The van der Waals surface area contributed by atoms with Crippen LogP contribution in [0.1, 0.15) is 26.7 Å². The number of aliphatic hydroxyl groups is 1. The molecule has 94 valence electrons. The summed E-state index contributed by atoms with van der Waals surface area (Å²) < 4.78 is 4.65. The predicted octanol–water partition coefficient (Wildman–Crippen LogP) is 1.10. The van der Waals surface area contributed by atoms with Crippen molar-refractivity contribution in [2.75, 3.05) is 26.8 Å². The minimum atomic E-state index is -0.257. The lowest BCUT2D eigenvalue weighted by Gasteiger charge is -2.09. The van der Waals surface area contributed by atoms with Gasteiger partial charge in [0.05, 0.1) is 7.11 Å². The molecule has 0 saturated heterocycles. The summed E-state index contributed by atoms with van der Waals surface area (Å²) >= 11 is 0. The van der Waals surface area contributed by atoms with Crippen molar-refractivity contribution < 1.29 is 14.6 Å². The number of hydrogen-bond acceptors (Lipinski definition) is 4. The van der Waals surface area contributed by atoms with Crippen molar-refractivity contribution in [3.05, 3.63) is 11.6 Å². The molecular formula is C12H23NO3. The van der Waals surface area contributed by atoms with E-state index in [-0.39, 0.29) is 12.6 Å². The number of ether oxygens (including phenoxy) is 1. The Bertz CT molecular complexity index is 226. The van der Waals surface area contributed by atoms with Crippen LogP contribution in [0.15, 0.2) is 11.6 Å². The van der Waals surface area contributed by atoms with E-state index in [1.165, 1.54) is 7.11 Å². The molecule has 4 heteroatoms. The Kier molecular flexibility index (Phi) is 8.85. The Morgan fingerprint density at radius 1 is 1.56 bits per heavy atom. The fraction of sp³-hybridized carbons (Fsp3) is 0.750. The van der Waals surface area contributed by atoms with Crippen LogP contribution in [0.3, 0.4) is 0 Å². The van der Waals surface area contributed by atoms with E-state index in [9.17, 15) is 4.79 Å². The maximum atomic E-state index is 11.2. The van der Waals surface area contributed by atoms with Crippen molar-refractivity contribution in [2.45, 2.75) is 26.7 Å². The molecule has 0 aromatic heterocycles. The zero-order valence-corrected chi connectivity index (χ0v) is 10.5. The Morgan fingerprint density at radius 2 is 2.25 bits per heavy atom. The zero-order chi connectivity index (χ0) is 12.4. The first-order chi connectivity index (χ1) is 7.65. The molecule has 0 amide bonds. The summed E-state index contributed by atoms with van der Waals surface area (Å²) in [6.07, 6.45) is 3.34. The molecule has 4 nitrogen and oxygen atoms in total. The lowest BCUT2D eigenvalue weighted by molar-refractivity contribution is -0.136. The normalized spacial score (nSPS) is 13.6. The average Bonchev–Trinajstić information content (AvgIpc) is 2.28. The predicted molar refractivity (Wildman–Crippen MR) is 64.1 cm³/mol. The second-order valence-electron chi connectivity index (χ2n) is 3.85. The molecule has 0 aromatic carbocycles. The van der Waals surface area contributed by atoms with Crippen molar-refractivity contribution >= 4 is 5.97 Å². The van der Waals surface area contributed by atoms with Crippen molar-refractivity contribution in [3.8, 4) is 0 Å². The van der Waals surface area contributed by atoms with Gasteiger partial charge in [-0.1, -0.05) is 19.9 Å². The molecule has 0 aliphatic carbocycles. The highest BCUT2D eigenvalue weighted by molar-refractivity contribution is 5.88. The molecule has 16 heavy (non-hydrogen) atoms. The van der Waals surface area contributed by atoms with Crippen LogP contribution in [-0.2, 0) is 9.53 Å². The maximum absolute atomic E-state index is 11.2. The van der Waals surface area contributed by atoms with Crippen molar-refractivity contribution in [1.82, 2.24) is 5.32 Å². The molecule has 0 spiro atoms. The third-order valence-corrected chi connectivity index (χ3v) is 2.44. The van der Waals surface area contributed by atoms with Gasteiger partial charge < -0.3 is 15.2 Å². The molecule has 0 heterocycles. The highest BCUT2D eigenvalue weighted by atomic mass is 16.5. The van der Waals surface area contributed by atoms with Crippen molar-refractivity contribution in [3.63, 3.8) is 0 Å². The summed E-state index contributed by atoms with van der Waals surface area (Å²) in [6, 6.07) is 0. The van der Waals surface area contributed by atoms with Crippen LogP contribution in [0.5, 0.6) is 0 Å². The fourth-order valence-electron chi connectivity index (χ4n) is 1.35. The lowest BCUT2D eigenvalue weighted by Crippen LogP contribution is -2.22. The first-order valence-electron chi connectivity index (χ1n) is 5.74. The van der Waals surface area contributed by atoms with Crippen LogP contribution in [0.25, 0.3) is 0 Å². The third-order valence-electron chi connectivity index (χ3n) is 2.44. The molecule has 0 aliphatic rings. The zero-order valence-electron chi connectivity index (χ0n) is 10.5. The number of esters is 1. The number of aliphatic hydroxyl groups excluding tert-OH is 1. The van der Waals surface area contributed by atoms with Gasteiger partial charge in [-0.3, -0.25) is 0 Å². The van der Waals surface area contributed by atoms with E-state index in [0.29, 0.717) is 24.5 Å². The molecule has 0 radical (unpaired) electrons. The van der Waals surface area contributed by atoms with Gasteiger partial charge >= 0.3 is 5.97 Å². The Labute approximate surface area is 97.7 Å². The molecule has 0 aliphatic heterocycles. The molecule has 0 saturated carbocycles. The highest BCUT2D eigenvalue weighted by Gasteiger charge is 2.05. The number of carbonyl (C=O) groups is 1. The topological polar surface area (TPSA) is 58.6 Å². The lowest BCUT2D eigenvalue weighted by atomic mass is 10.1. The quantitative estimate of drug-likeness (QED) is 0.372. The van der Waals surface area contributed by atoms with Gasteiger partial charge in [-0.15, -0.1) is 0 Å². The van der Waals surface area contributed by atoms with Gasteiger partial charge in [0.1, 0.15) is 0 Å². The van der Waals surface area contributed by atoms with Crippen LogP contribution < -0.4 is 5.32 Å². The summed E-state index contributed by atoms with van der Waals surface area (Å²) in [5, 5.41) is 11.9. The Balaban J connectivity index is 3.84. The number of rotatable bonds is 8. The van der Waals surface area contributed by atoms with Crippen LogP contribution >= 0.6 is 0 Å². The SMILES string of the molecule is CCC(=CCNCC(C)CCO)C(=O)OC. The number of carbonyl (C=O) groups excluding carboxylic acids is 1. The van der Waals surface area contributed by atoms with E-state index in [4.69, 9.17) is 5.11 Å². The number of methoxy groups -OCH3 is 1. The summed E-state index contributed by atoms with van der Waals surface area (Å²) in [6.45, 7) is 5.73. The molecular weight excluding hydrogens is 206 g/mol. The Hall–Kier alpha value is -0.870. The van der Waals surface area contributed by atoms with E-state index >= 15 is 0 Å². The molecule has 1 atom stereocenters. The van der Waals surface area contributed by atoms with Gasteiger partial charge in [0, 0.05) is 18.7 Å². The molecule has 1 unspecified atom stereocenters. The second kappa shape index (κ2) is 9.36. The summed E-state index contributed by atoms with van der Waals surface area (Å²) in [7, 11) is 1.39. The monoisotopic (exact) mass is 229 g/mol. The number of hydrogen-bond donors (Lipinski definition) is 2. The average molecular weight is 229 g/mol. The van der Waals surface area contributed by atoms with E-state index < -0.39 is 0 Å². The van der Waals surface area contributed by atoms with Gasteiger partial charge in [-0.25, -0.2) is 4.79 Å². The summed E-state index contributed by atoms with van der Waals surface area (Å²) in [5.74, 6) is 0.189. The summed E-state index contributed by atoms with van der Waals surface area (Å²) in [5.41, 5.74) is 0.699. The van der Waals surface area contributed by atoms with Crippen molar-refractivity contribution in [1.29, 1.82) is 0 Å². The van der Waals surface area contributed by atoms with Gasteiger partial charge in [0.15, 0.2) is 0 Å². The van der Waals surface area contributed by atoms with E-state index in [1.807, 2.05) is 13.0 Å². The van der Waals surface area contributed by atoms with E-state index in [2.05, 4.69) is 17.0 Å². The molecule has 2 N–H and O–H groups in total. The van der Waals surface area contributed by atoms with Gasteiger partial charge in [0.25, 0.3) is 0 Å². The summed E-state index contributed by atoms with van der Waals surface area (Å²) in [4.78, 5) is 11.2. The molecule has 0 rings (SSSR count). The smallest absolute Gasteiger partial charge is 0.333 e. The first kappa shape index (κ1) is 15.1. The molecule has 0 fully saturated rings. The molecule has 0 bridgehead atoms. The van der Waals surface area contributed by atoms with Gasteiger partial charge in [-0.05, 0) is 25.3 Å². The first-order valence-corrected chi connectivity index (χ1v) is 5.74. The largest absolute Gasteiger partial charge is 0.466 e. The Morgan fingerprint density at radius 3 is 2.75 bits per heavy atom. The second-order valence-corrected chi connectivity index (χ2v) is 3.85. The van der Waals surface area contributed by atoms with Gasteiger partial charge in [-0.2, -0.15) is 0 Å². The van der Waals surface area contributed by atoms with E-state index in [1.54, 1.807) is 0 Å². The minimum absolute atomic E-state index is 0.223. The van der Waals surface area contributed by atoms with E-state index in [0.717, 1.165) is 13.0 Å². The maximum Gasteiger partial charge on any atom is 0.333 e. The van der Waals surface area contributed by atoms with Crippen LogP contribution in [0.2, 0.25) is 0 Å². The highest BCUT2D eigenvalue weighted by Crippen LogP contribution is 2.02. The standard InChI is InChI=1S/C12H23NO3/c1-4-11(12(15)16-3)5-7-13-9-10(2)6-8-14/h5,10,13-14H,4,6-9H2,1-3H3. The fourth-order valence-corrected chi connectivity index (χ4v) is 1.35. The number of nitrogens with one attached hydrogen (secondary N) is 1.